The van der Waals surface area contributed by atoms with Gasteiger partial charge in [-0.2, -0.15) is 0 Å². The summed E-state index contributed by atoms with van der Waals surface area (Å²) in [6.07, 6.45) is 1.88. The highest BCUT2D eigenvalue weighted by Crippen LogP contribution is 2.16. The van der Waals surface area contributed by atoms with Crippen LogP contribution in [0.15, 0.2) is 36.7 Å². The van der Waals surface area contributed by atoms with Gasteiger partial charge in [-0.3, -0.25) is 0 Å². The molecule has 0 aliphatic heterocycles. The molecule has 0 bridgehead atoms. The molecule has 0 aliphatic carbocycles. The van der Waals surface area contributed by atoms with E-state index >= 15 is 0 Å². The molecule has 4 nitrogen and oxygen atoms in total. The summed E-state index contributed by atoms with van der Waals surface area (Å²) in [6, 6.07) is 1.10. The summed E-state index contributed by atoms with van der Waals surface area (Å²) < 4.78 is 17.6. The average molecular weight is 387 g/mol. The van der Waals surface area contributed by atoms with E-state index in [9.17, 15) is 4.79 Å². The molecule has 24 heavy (non-hydrogen) atoms. The van der Waals surface area contributed by atoms with Gasteiger partial charge in [-0.15, -0.1) is 13.2 Å². The first-order valence-electron chi connectivity index (χ1n) is 8.48. The van der Waals surface area contributed by atoms with E-state index in [4.69, 9.17) is 13.6 Å². The SMILES string of the molecule is C=C[Si](C)(C)OC(O[Si](C)(C)C=C)[SiH2]CCCCOC(=O)C(=C)C. The van der Waals surface area contributed by atoms with E-state index in [1.807, 2.05) is 11.4 Å². The fourth-order valence-electron chi connectivity index (χ4n) is 1.79. The van der Waals surface area contributed by atoms with E-state index in [2.05, 4.69) is 45.9 Å². The van der Waals surface area contributed by atoms with E-state index in [1.54, 1.807) is 6.92 Å². The van der Waals surface area contributed by atoms with Gasteiger partial charge in [0.05, 0.1) is 16.1 Å². The zero-order valence-electron chi connectivity index (χ0n) is 16.0. The number of rotatable bonds is 13. The lowest BCUT2D eigenvalue weighted by Gasteiger charge is -2.32. The second-order valence-corrected chi connectivity index (χ2v) is 16.7. The molecule has 0 spiro atoms. The van der Waals surface area contributed by atoms with Gasteiger partial charge in [0, 0.05) is 5.57 Å². The Labute approximate surface area is 152 Å². The van der Waals surface area contributed by atoms with Gasteiger partial charge in [0.1, 0.15) is 5.91 Å². The monoisotopic (exact) mass is 386 g/mol. The van der Waals surface area contributed by atoms with Crippen molar-refractivity contribution in [3.05, 3.63) is 36.7 Å². The van der Waals surface area contributed by atoms with Gasteiger partial charge in [0.25, 0.3) is 0 Å². The molecule has 0 radical (unpaired) electrons. The van der Waals surface area contributed by atoms with Gasteiger partial charge in [-0.1, -0.05) is 30.4 Å². The van der Waals surface area contributed by atoms with Gasteiger partial charge in [-0.05, 0) is 39.5 Å². The molecule has 0 atom stereocenters. The van der Waals surface area contributed by atoms with Crippen molar-refractivity contribution in [1.82, 2.24) is 0 Å². The van der Waals surface area contributed by atoms with Crippen LogP contribution in [-0.2, 0) is 18.4 Å². The van der Waals surface area contributed by atoms with Crippen molar-refractivity contribution in [3.8, 4) is 0 Å². The molecule has 0 rings (SSSR count). The van der Waals surface area contributed by atoms with Gasteiger partial charge >= 0.3 is 5.97 Å². The Kier molecular flexibility index (Phi) is 10.6. The maximum atomic E-state index is 11.3. The molecule has 0 saturated carbocycles. The first-order chi connectivity index (χ1) is 11.0. The summed E-state index contributed by atoms with van der Waals surface area (Å²) in [6.45, 7) is 22.0. The Morgan fingerprint density at radius 1 is 1.08 bits per heavy atom. The Morgan fingerprint density at radius 2 is 1.58 bits per heavy atom. The first-order valence-corrected chi connectivity index (χ1v) is 16.3. The fourth-order valence-corrected chi connectivity index (χ4v) is 8.03. The predicted octanol–water partition coefficient (Wildman–Crippen LogP) is 3.65. The summed E-state index contributed by atoms with van der Waals surface area (Å²) in [5.41, 5.74) is 4.33. The van der Waals surface area contributed by atoms with Crippen molar-refractivity contribution < 1.29 is 18.4 Å². The predicted molar refractivity (Wildman–Crippen MR) is 110 cm³/mol. The topological polar surface area (TPSA) is 44.8 Å². The van der Waals surface area contributed by atoms with Crippen molar-refractivity contribution in [1.29, 1.82) is 0 Å². The normalized spacial score (nSPS) is 12.6. The number of hydrogen-bond donors (Lipinski definition) is 0. The molecule has 0 unspecified atom stereocenters. The molecule has 0 fully saturated rings. The molecule has 0 aromatic heterocycles. The fraction of sp³-hybridized carbons (Fsp3) is 0.588. The van der Waals surface area contributed by atoms with Crippen molar-refractivity contribution in [3.63, 3.8) is 0 Å². The van der Waals surface area contributed by atoms with E-state index in [0.29, 0.717) is 12.2 Å². The summed E-state index contributed by atoms with van der Waals surface area (Å²) in [7, 11) is -4.29. The highest BCUT2D eigenvalue weighted by atomic mass is 28.4. The average Bonchev–Trinajstić information content (AvgIpc) is 2.49. The third-order valence-corrected chi connectivity index (χ3v) is 9.61. The van der Waals surface area contributed by atoms with Gasteiger partial charge in [0.2, 0.25) is 16.6 Å². The van der Waals surface area contributed by atoms with Crippen LogP contribution in [0.3, 0.4) is 0 Å². The standard InChI is InChI=1S/C17H34O4Si3/c1-9-23(5,6)20-17(21-24(7,8)10-2)22-14-12-11-13-19-16(18)15(3)4/h9-10,17H,1-3,11-14,22H2,4-8H3. The third kappa shape index (κ3) is 10.9. The molecular formula is C17H34O4Si3. The zero-order valence-corrected chi connectivity index (χ0v) is 19.4. The number of esters is 1. The molecule has 0 heterocycles. The minimum atomic E-state index is -1.87. The maximum absolute atomic E-state index is 11.3. The summed E-state index contributed by atoms with van der Waals surface area (Å²) in [5.74, 6) is -0.392. The molecule has 0 amide bonds. The van der Waals surface area contributed by atoms with Crippen LogP contribution in [0, 0.1) is 0 Å². The summed E-state index contributed by atoms with van der Waals surface area (Å²) >= 11 is 0. The van der Waals surface area contributed by atoms with Crippen molar-refractivity contribution in [2.75, 3.05) is 6.61 Å². The van der Waals surface area contributed by atoms with Crippen molar-refractivity contribution in [2.24, 2.45) is 0 Å². The molecular weight excluding hydrogens is 352 g/mol. The number of carbonyl (C=O) groups is 1. The van der Waals surface area contributed by atoms with Crippen LogP contribution >= 0.6 is 0 Å². The van der Waals surface area contributed by atoms with Crippen LogP contribution in [0.5, 0.6) is 0 Å². The highest BCUT2D eigenvalue weighted by molar-refractivity contribution is 6.77. The van der Waals surface area contributed by atoms with E-state index in [-0.39, 0.29) is 11.9 Å². The quantitative estimate of drug-likeness (QED) is 0.159. The van der Waals surface area contributed by atoms with Crippen LogP contribution in [0.1, 0.15) is 19.8 Å². The van der Waals surface area contributed by atoms with E-state index in [0.717, 1.165) is 18.9 Å². The number of carbonyl (C=O) groups excluding carboxylic acids is 1. The Balaban J connectivity index is 4.31. The Hall–Kier alpha value is -0.739. The van der Waals surface area contributed by atoms with Gasteiger partial charge in [0.15, 0.2) is 0 Å². The largest absolute Gasteiger partial charge is 0.462 e. The lowest BCUT2D eigenvalue weighted by molar-refractivity contribution is -0.139. The molecule has 0 aromatic carbocycles. The minimum absolute atomic E-state index is 0.0812. The highest BCUT2D eigenvalue weighted by Gasteiger charge is 2.28. The Bertz CT molecular complexity index is 425. The lowest BCUT2D eigenvalue weighted by Crippen LogP contribution is -2.44. The molecule has 0 aromatic rings. The first kappa shape index (κ1) is 23.3. The molecule has 0 N–H and O–H groups in total. The van der Waals surface area contributed by atoms with Crippen molar-refractivity contribution in [2.45, 2.75) is 57.9 Å². The maximum Gasteiger partial charge on any atom is 0.333 e. The van der Waals surface area contributed by atoms with Gasteiger partial charge in [-0.25, -0.2) is 4.79 Å². The molecule has 138 valence electrons. The number of ether oxygens (including phenoxy) is 1. The lowest BCUT2D eigenvalue weighted by atomic mass is 10.3. The smallest absolute Gasteiger partial charge is 0.333 e. The van der Waals surface area contributed by atoms with Crippen LogP contribution in [-0.4, -0.2) is 44.6 Å². The van der Waals surface area contributed by atoms with Gasteiger partial charge < -0.3 is 13.6 Å². The van der Waals surface area contributed by atoms with Crippen LogP contribution in [0.4, 0.5) is 0 Å². The molecule has 0 saturated heterocycles. The van der Waals surface area contributed by atoms with E-state index < -0.39 is 26.2 Å². The second-order valence-electron chi connectivity index (χ2n) is 7.05. The number of hydrogen-bond acceptors (Lipinski definition) is 4. The second kappa shape index (κ2) is 11.0. The van der Waals surface area contributed by atoms with Crippen LogP contribution < -0.4 is 0 Å². The molecule has 0 aliphatic rings. The zero-order chi connectivity index (χ0) is 18.8. The van der Waals surface area contributed by atoms with Crippen LogP contribution in [0.2, 0.25) is 32.2 Å². The van der Waals surface area contributed by atoms with Crippen molar-refractivity contribution >= 4 is 32.1 Å². The molecule has 7 heteroatoms. The minimum Gasteiger partial charge on any atom is -0.462 e. The third-order valence-electron chi connectivity index (χ3n) is 3.52. The summed E-state index contributed by atoms with van der Waals surface area (Å²) in [4.78, 5) is 11.3. The summed E-state index contributed by atoms with van der Waals surface area (Å²) in [5, 5.41) is 0. The number of unbranched alkanes of at least 4 members (excludes halogenated alkanes) is 1. The van der Waals surface area contributed by atoms with E-state index in [1.165, 1.54) is 0 Å². The van der Waals surface area contributed by atoms with Crippen LogP contribution in [0.25, 0.3) is 0 Å². The Morgan fingerprint density at radius 3 is 2.00 bits per heavy atom.